The second-order valence-electron chi connectivity index (χ2n) is 7.00. The van der Waals surface area contributed by atoms with Gasteiger partial charge in [0.1, 0.15) is 5.76 Å². The zero-order valence-corrected chi connectivity index (χ0v) is 17.3. The van der Waals surface area contributed by atoms with Gasteiger partial charge in [0.2, 0.25) is 0 Å². The smallest absolute Gasteiger partial charge is 0.279 e. The summed E-state index contributed by atoms with van der Waals surface area (Å²) in [5, 5.41) is 15.4. The minimum atomic E-state index is -0.381. The van der Waals surface area contributed by atoms with E-state index in [0.29, 0.717) is 30.4 Å². The first-order valence-corrected chi connectivity index (χ1v) is 10.4. The first-order valence-electron chi connectivity index (χ1n) is 9.57. The number of hydrogen-bond donors (Lipinski definition) is 1. The number of nitrogens with zero attached hydrogens (tertiary/aromatic N) is 6. The molecule has 0 atom stereocenters. The first kappa shape index (κ1) is 19.1. The Morgan fingerprint density at radius 1 is 1.19 bits per heavy atom. The lowest BCUT2D eigenvalue weighted by Crippen LogP contribution is -2.35. The summed E-state index contributed by atoms with van der Waals surface area (Å²) in [6, 6.07) is 11.0. The maximum atomic E-state index is 12.9. The zero-order valence-electron chi connectivity index (χ0n) is 16.5. The lowest BCUT2D eigenvalue weighted by molar-refractivity contribution is 0.0729. The van der Waals surface area contributed by atoms with E-state index in [1.54, 1.807) is 17.9 Å². The number of nitrogens with one attached hydrogen (secondary N) is 1. The molecule has 2 amide bonds. The summed E-state index contributed by atoms with van der Waals surface area (Å²) in [6.45, 7) is 2.64. The maximum absolute atomic E-state index is 12.9. The Kier molecular flexibility index (Phi) is 4.79. The minimum Gasteiger partial charge on any atom is -0.361 e. The molecule has 31 heavy (non-hydrogen) atoms. The van der Waals surface area contributed by atoms with E-state index in [4.69, 9.17) is 4.52 Å². The van der Waals surface area contributed by atoms with Crippen LogP contribution in [-0.2, 0) is 13.0 Å². The molecule has 0 radical (unpaired) electrons. The van der Waals surface area contributed by atoms with Crippen molar-refractivity contribution in [1.29, 1.82) is 0 Å². The van der Waals surface area contributed by atoms with Crippen LogP contribution in [0.5, 0.6) is 0 Å². The number of thiazole rings is 1. The van der Waals surface area contributed by atoms with Crippen molar-refractivity contribution in [2.45, 2.75) is 19.9 Å². The Hall–Kier alpha value is -3.86. The molecule has 0 fully saturated rings. The molecule has 10 nitrogen and oxygen atoms in total. The molecule has 1 N–H and O–H groups in total. The molecule has 0 bridgehead atoms. The Morgan fingerprint density at radius 3 is 2.81 bits per heavy atom. The molecule has 3 aromatic heterocycles. The molecular weight excluding hydrogens is 418 g/mol. The van der Waals surface area contributed by atoms with Crippen molar-refractivity contribution in [2.75, 3.05) is 11.9 Å². The molecular formula is C20H17N7O3S. The molecule has 1 aromatic carbocycles. The number of anilines is 1. The highest BCUT2D eigenvalue weighted by Crippen LogP contribution is 2.29. The quantitative estimate of drug-likeness (QED) is 0.523. The van der Waals surface area contributed by atoms with Crippen molar-refractivity contribution in [3.05, 3.63) is 70.3 Å². The van der Waals surface area contributed by atoms with Gasteiger partial charge < -0.3 is 9.42 Å². The van der Waals surface area contributed by atoms with Crippen LogP contribution >= 0.6 is 11.3 Å². The highest BCUT2D eigenvalue weighted by Gasteiger charge is 2.27. The minimum absolute atomic E-state index is 0.190. The van der Waals surface area contributed by atoms with Gasteiger partial charge in [-0.1, -0.05) is 34.7 Å². The van der Waals surface area contributed by atoms with Gasteiger partial charge in [0.05, 0.1) is 24.1 Å². The van der Waals surface area contributed by atoms with Crippen LogP contribution in [0.4, 0.5) is 5.13 Å². The molecule has 0 spiro atoms. The Bertz CT molecular complexity index is 1260. The number of rotatable bonds is 4. The summed E-state index contributed by atoms with van der Waals surface area (Å²) in [4.78, 5) is 33.8. The van der Waals surface area contributed by atoms with Gasteiger partial charge in [-0.2, -0.15) is 9.90 Å². The van der Waals surface area contributed by atoms with Crippen LogP contribution in [0.3, 0.4) is 0 Å². The third-order valence-corrected chi connectivity index (χ3v) is 5.80. The van der Waals surface area contributed by atoms with Gasteiger partial charge in [-0.15, -0.1) is 5.10 Å². The Morgan fingerprint density at radius 2 is 2.03 bits per heavy atom. The number of aromatic nitrogens is 5. The van der Waals surface area contributed by atoms with Gasteiger partial charge in [0, 0.05) is 23.9 Å². The molecule has 156 valence electrons. The monoisotopic (exact) mass is 435 g/mol. The highest BCUT2D eigenvalue weighted by atomic mass is 32.1. The van der Waals surface area contributed by atoms with Crippen molar-refractivity contribution in [3.63, 3.8) is 0 Å². The van der Waals surface area contributed by atoms with Crippen molar-refractivity contribution in [3.8, 4) is 5.69 Å². The number of carbonyl (C=O) groups excluding carboxylic acids is 2. The van der Waals surface area contributed by atoms with Crippen LogP contribution < -0.4 is 5.32 Å². The van der Waals surface area contributed by atoms with Crippen LogP contribution in [0, 0.1) is 6.92 Å². The molecule has 4 heterocycles. The van der Waals surface area contributed by atoms with Crippen LogP contribution in [-0.4, -0.2) is 48.4 Å². The standard InChI is InChI=1S/C20H17N7O3S/c1-12-9-15(25-30-12)18(28)23-20-22-14-7-8-26(11-17(14)31-20)19(29)16-10-21-27(24-16)13-5-3-2-4-6-13/h2-6,9-10H,7-8,11H2,1H3,(H,22,23,28). The third kappa shape index (κ3) is 3.82. The number of fused-ring (bicyclic) bond motifs is 1. The number of aryl methyl sites for hydroxylation is 1. The van der Waals surface area contributed by atoms with E-state index in [9.17, 15) is 9.59 Å². The zero-order chi connectivity index (χ0) is 21.4. The summed E-state index contributed by atoms with van der Waals surface area (Å²) in [5.74, 6) is -0.0137. The van der Waals surface area contributed by atoms with Gasteiger partial charge in [0.25, 0.3) is 11.8 Å². The van der Waals surface area contributed by atoms with Gasteiger partial charge in [-0.05, 0) is 19.1 Å². The van der Waals surface area contributed by atoms with Crippen molar-refractivity contribution in [2.24, 2.45) is 0 Å². The average molecular weight is 435 g/mol. The fourth-order valence-corrected chi connectivity index (χ4v) is 4.28. The van der Waals surface area contributed by atoms with Crippen LogP contribution in [0.1, 0.15) is 37.3 Å². The summed E-state index contributed by atoms with van der Waals surface area (Å²) >= 11 is 1.35. The second kappa shape index (κ2) is 7.76. The topological polar surface area (TPSA) is 119 Å². The largest absolute Gasteiger partial charge is 0.361 e. The van der Waals surface area contributed by atoms with E-state index in [0.717, 1.165) is 16.3 Å². The molecule has 0 unspecified atom stereocenters. The van der Waals surface area contributed by atoms with E-state index >= 15 is 0 Å². The summed E-state index contributed by atoms with van der Waals surface area (Å²) in [7, 11) is 0. The van der Waals surface area contributed by atoms with Crippen molar-refractivity contribution in [1.82, 2.24) is 30.0 Å². The van der Waals surface area contributed by atoms with E-state index in [-0.39, 0.29) is 23.2 Å². The number of amides is 2. The number of hydrogen-bond acceptors (Lipinski definition) is 8. The highest BCUT2D eigenvalue weighted by molar-refractivity contribution is 7.15. The van der Waals surface area contributed by atoms with E-state index < -0.39 is 0 Å². The van der Waals surface area contributed by atoms with E-state index in [1.807, 2.05) is 30.3 Å². The predicted octanol–water partition coefficient (Wildman–Crippen LogP) is 2.47. The molecule has 5 rings (SSSR count). The van der Waals surface area contributed by atoms with Crippen molar-refractivity contribution >= 4 is 28.3 Å². The molecule has 0 saturated carbocycles. The van der Waals surface area contributed by atoms with Crippen molar-refractivity contribution < 1.29 is 14.1 Å². The summed E-state index contributed by atoms with van der Waals surface area (Å²) in [6.07, 6.45) is 2.08. The third-order valence-electron chi connectivity index (χ3n) is 4.80. The average Bonchev–Trinajstić information content (AvgIpc) is 3.52. The number of carbonyl (C=O) groups is 2. The normalized spacial score (nSPS) is 13.1. The van der Waals surface area contributed by atoms with E-state index in [1.165, 1.54) is 22.3 Å². The Balaban J connectivity index is 1.28. The van der Waals surface area contributed by atoms with Crippen LogP contribution in [0.25, 0.3) is 5.69 Å². The first-order chi connectivity index (χ1) is 15.1. The van der Waals surface area contributed by atoms with Crippen LogP contribution in [0.15, 0.2) is 47.1 Å². The molecule has 11 heteroatoms. The number of para-hydroxylation sites is 1. The SMILES string of the molecule is Cc1cc(C(=O)Nc2nc3c(s2)CN(C(=O)c2cnn(-c4ccccc4)n2)CC3)no1. The van der Waals surface area contributed by atoms with Gasteiger partial charge in [0.15, 0.2) is 16.5 Å². The van der Waals surface area contributed by atoms with E-state index in [2.05, 4.69) is 25.7 Å². The fourth-order valence-electron chi connectivity index (χ4n) is 3.27. The van der Waals surface area contributed by atoms with Gasteiger partial charge in [-0.3, -0.25) is 14.9 Å². The molecule has 4 aromatic rings. The number of benzene rings is 1. The fraction of sp³-hybridized carbons (Fsp3) is 0.200. The molecule has 0 aliphatic carbocycles. The summed E-state index contributed by atoms with van der Waals surface area (Å²) < 4.78 is 4.93. The molecule has 1 aliphatic heterocycles. The lowest BCUT2D eigenvalue weighted by atomic mass is 10.1. The Labute approximate surface area is 180 Å². The maximum Gasteiger partial charge on any atom is 0.279 e. The van der Waals surface area contributed by atoms with Gasteiger partial charge in [-0.25, -0.2) is 4.98 Å². The predicted molar refractivity (Wildman–Crippen MR) is 111 cm³/mol. The van der Waals surface area contributed by atoms with Gasteiger partial charge >= 0.3 is 0 Å². The second-order valence-corrected chi connectivity index (χ2v) is 8.08. The molecule has 0 saturated heterocycles. The summed E-state index contributed by atoms with van der Waals surface area (Å²) in [5.41, 5.74) is 2.15. The lowest BCUT2D eigenvalue weighted by Gasteiger charge is -2.25. The van der Waals surface area contributed by atoms with Crippen LogP contribution in [0.2, 0.25) is 0 Å². The molecule has 1 aliphatic rings.